The molecule has 0 atom stereocenters. The molecule has 0 saturated heterocycles. The van der Waals surface area contributed by atoms with Gasteiger partial charge in [-0.1, -0.05) is 24.4 Å². The first-order chi connectivity index (χ1) is 9.49. The summed E-state index contributed by atoms with van der Waals surface area (Å²) < 4.78 is 3.22. The highest BCUT2D eigenvalue weighted by Crippen LogP contribution is 2.38. The van der Waals surface area contributed by atoms with E-state index in [1.54, 1.807) is 32.9 Å². The fourth-order valence-electron chi connectivity index (χ4n) is 2.02. The Kier molecular flexibility index (Phi) is 5.72. The predicted molar refractivity (Wildman–Crippen MR) is 97.8 cm³/mol. The van der Waals surface area contributed by atoms with Crippen molar-refractivity contribution in [3.63, 3.8) is 0 Å². The van der Waals surface area contributed by atoms with Crippen LogP contribution in [-0.4, -0.2) is 26.3 Å². The molecule has 1 aromatic carbocycles. The average molecular weight is 343 g/mol. The molecule has 0 unspecified atom stereocenters. The van der Waals surface area contributed by atoms with Crippen molar-refractivity contribution < 1.29 is 0 Å². The van der Waals surface area contributed by atoms with Crippen LogP contribution >= 0.6 is 45.1 Å². The summed E-state index contributed by atoms with van der Waals surface area (Å²) >= 11 is 7.27. The summed E-state index contributed by atoms with van der Waals surface area (Å²) in [5.41, 5.74) is 1.07. The van der Waals surface area contributed by atoms with Gasteiger partial charge in [0.05, 0.1) is 10.2 Å². The molecule has 0 N–H and O–H groups in total. The van der Waals surface area contributed by atoms with E-state index in [0.29, 0.717) is 12.1 Å². The van der Waals surface area contributed by atoms with E-state index in [2.05, 4.69) is 43.6 Å². The molecule has 1 aromatic heterocycles. The fourth-order valence-corrected chi connectivity index (χ4v) is 6.05. The summed E-state index contributed by atoms with van der Waals surface area (Å²) in [7, 11) is 3.29. The van der Waals surface area contributed by atoms with Crippen molar-refractivity contribution in [2.75, 3.05) is 0 Å². The molecule has 0 aliphatic carbocycles. The Bertz CT molecular complexity index is 551. The fraction of sp³-hybridized carbons (Fsp3) is 0.429. The minimum atomic E-state index is 0.422. The first-order valence-corrected chi connectivity index (χ1v) is 9.89. The lowest BCUT2D eigenvalue weighted by Crippen LogP contribution is -2.39. The standard InChI is InChI=1S/C14H18N2S4/c1-9(2)16(10(3)4)14(17)20-19-13-15-11-7-5-6-8-12(11)18-13/h5-10H,1-4H3. The lowest BCUT2D eigenvalue weighted by molar-refractivity contribution is 0.303. The molecule has 2 rings (SSSR count). The molecule has 2 nitrogen and oxygen atoms in total. The van der Waals surface area contributed by atoms with E-state index in [4.69, 9.17) is 12.2 Å². The molecule has 0 aliphatic rings. The largest absolute Gasteiger partial charge is 0.352 e. The van der Waals surface area contributed by atoms with E-state index in [9.17, 15) is 0 Å². The maximum absolute atomic E-state index is 5.55. The van der Waals surface area contributed by atoms with Gasteiger partial charge in [0.2, 0.25) is 0 Å². The van der Waals surface area contributed by atoms with Gasteiger partial charge in [-0.15, -0.1) is 11.3 Å². The Balaban J connectivity index is 2.02. The van der Waals surface area contributed by atoms with Gasteiger partial charge in [0, 0.05) is 12.1 Å². The average Bonchev–Trinajstić information content (AvgIpc) is 2.78. The number of para-hydroxylation sites is 1. The molecule has 0 radical (unpaired) electrons. The predicted octanol–water partition coefficient (Wildman–Crippen LogP) is 5.44. The quantitative estimate of drug-likeness (QED) is 0.541. The first kappa shape index (κ1) is 16.1. The second kappa shape index (κ2) is 7.11. The highest BCUT2D eigenvalue weighted by Gasteiger charge is 2.18. The second-order valence-electron chi connectivity index (χ2n) is 4.97. The highest BCUT2D eigenvalue weighted by molar-refractivity contribution is 8.83. The van der Waals surface area contributed by atoms with E-state index >= 15 is 0 Å². The van der Waals surface area contributed by atoms with E-state index in [1.807, 2.05) is 18.2 Å². The van der Waals surface area contributed by atoms with Crippen molar-refractivity contribution in [1.82, 2.24) is 9.88 Å². The zero-order valence-corrected chi connectivity index (χ0v) is 15.3. The molecule has 20 heavy (non-hydrogen) atoms. The van der Waals surface area contributed by atoms with Crippen LogP contribution in [0.15, 0.2) is 28.6 Å². The van der Waals surface area contributed by atoms with Crippen molar-refractivity contribution in [2.24, 2.45) is 0 Å². The van der Waals surface area contributed by atoms with Gasteiger partial charge in [-0.2, -0.15) is 0 Å². The van der Waals surface area contributed by atoms with Crippen LogP contribution in [0.25, 0.3) is 10.2 Å². The van der Waals surface area contributed by atoms with Crippen LogP contribution in [0.4, 0.5) is 0 Å². The number of benzene rings is 1. The highest BCUT2D eigenvalue weighted by atomic mass is 33.1. The zero-order valence-electron chi connectivity index (χ0n) is 12.0. The minimum Gasteiger partial charge on any atom is -0.352 e. The number of thiazole rings is 1. The number of thiocarbonyl (C=S) groups is 1. The summed E-state index contributed by atoms with van der Waals surface area (Å²) in [6.07, 6.45) is 0. The van der Waals surface area contributed by atoms with Gasteiger partial charge < -0.3 is 4.90 Å². The van der Waals surface area contributed by atoms with Gasteiger partial charge >= 0.3 is 0 Å². The lowest BCUT2D eigenvalue weighted by Gasteiger charge is -2.32. The number of nitrogens with zero attached hydrogens (tertiary/aromatic N) is 2. The van der Waals surface area contributed by atoms with E-state index in [-0.39, 0.29) is 0 Å². The van der Waals surface area contributed by atoms with Crippen LogP contribution in [0.3, 0.4) is 0 Å². The van der Waals surface area contributed by atoms with Crippen LogP contribution in [0.2, 0.25) is 0 Å². The number of hydrogen-bond acceptors (Lipinski definition) is 5. The number of rotatable bonds is 4. The van der Waals surface area contributed by atoms with E-state index in [0.717, 1.165) is 14.2 Å². The lowest BCUT2D eigenvalue weighted by atomic mass is 10.2. The van der Waals surface area contributed by atoms with Crippen LogP contribution < -0.4 is 0 Å². The summed E-state index contributed by atoms with van der Waals surface area (Å²) in [5.74, 6) is 0. The summed E-state index contributed by atoms with van der Waals surface area (Å²) in [6.45, 7) is 8.70. The van der Waals surface area contributed by atoms with Crippen molar-refractivity contribution >= 4 is 59.7 Å². The van der Waals surface area contributed by atoms with Crippen molar-refractivity contribution in [3.05, 3.63) is 24.3 Å². The number of fused-ring (bicyclic) bond motifs is 1. The molecular formula is C14H18N2S4. The Morgan fingerprint density at radius 3 is 2.45 bits per heavy atom. The minimum absolute atomic E-state index is 0.422. The third-order valence-electron chi connectivity index (χ3n) is 2.78. The summed E-state index contributed by atoms with van der Waals surface area (Å²) in [5, 5.41) is 0. The van der Waals surface area contributed by atoms with Gasteiger partial charge in [0.25, 0.3) is 0 Å². The summed E-state index contributed by atoms with van der Waals surface area (Å²) in [6, 6.07) is 9.07. The monoisotopic (exact) mass is 342 g/mol. The summed E-state index contributed by atoms with van der Waals surface area (Å²) in [4.78, 5) is 6.88. The van der Waals surface area contributed by atoms with Gasteiger partial charge in [0.1, 0.15) is 4.32 Å². The zero-order chi connectivity index (χ0) is 14.7. The third kappa shape index (κ3) is 3.87. The van der Waals surface area contributed by atoms with Gasteiger partial charge in [-0.25, -0.2) is 4.98 Å². The molecule has 0 bridgehead atoms. The van der Waals surface area contributed by atoms with Crippen molar-refractivity contribution in [1.29, 1.82) is 0 Å². The normalized spacial score (nSPS) is 11.5. The van der Waals surface area contributed by atoms with Crippen LogP contribution in [0, 0.1) is 0 Å². The molecule has 0 amide bonds. The third-order valence-corrected chi connectivity index (χ3v) is 7.07. The van der Waals surface area contributed by atoms with Gasteiger partial charge in [-0.05, 0) is 61.4 Å². The maximum Gasteiger partial charge on any atom is 0.162 e. The Morgan fingerprint density at radius 1 is 1.20 bits per heavy atom. The first-order valence-electron chi connectivity index (χ1n) is 6.51. The van der Waals surface area contributed by atoms with Crippen molar-refractivity contribution in [2.45, 2.75) is 44.1 Å². The molecule has 1 heterocycles. The van der Waals surface area contributed by atoms with Crippen LogP contribution in [0.1, 0.15) is 27.7 Å². The van der Waals surface area contributed by atoms with E-state index < -0.39 is 0 Å². The molecular weight excluding hydrogens is 324 g/mol. The molecule has 0 saturated carbocycles. The van der Waals surface area contributed by atoms with Crippen LogP contribution in [0.5, 0.6) is 0 Å². The number of hydrogen-bond donors (Lipinski definition) is 0. The second-order valence-corrected chi connectivity index (χ2v) is 9.02. The molecule has 0 aliphatic heterocycles. The Hall–Kier alpha value is -0.300. The Labute approximate surface area is 137 Å². The smallest absolute Gasteiger partial charge is 0.162 e. The topological polar surface area (TPSA) is 16.1 Å². The Morgan fingerprint density at radius 2 is 1.85 bits per heavy atom. The molecule has 0 fully saturated rings. The van der Waals surface area contributed by atoms with Gasteiger partial charge in [0.15, 0.2) is 4.34 Å². The molecule has 2 aromatic rings. The SMILES string of the molecule is CC(C)N(C(=S)SSc1nc2ccccc2s1)C(C)C. The number of aromatic nitrogens is 1. The van der Waals surface area contributed by atoms with Gasteiger partial charge in [-0.3, -0.25) is 0 Å². The maximum atomic E-state index is 5.55. The molecule has 0 spiro atoms. The van der Waals surface area contributed by atoms with Crippen LogP contribution in [-0.2, 0) is 0 Å². The molecule has 108 valence electrons. The molecule has 6 heteroatoms. The van der Waals surface area contributed by atoms with E-state index in [1.165, 1.54) is 4.70 Å². The van der Waals surface area contributed by atoms with Crippen molar-refractivity contribution in [3.8, 4) is 0 Å².